The molecule has 0 radical (unpaired) electrons. The lowest BCUT2D eigenvalue weighted by Crippen LogP contribution is -2.14. The van der Waals surface area contributed by atoms with Crippen LogP contribution in [-0.4, -0.2) is 11.1 Å². The third-order valence-corrected chi connectivity index (χ3v) is 2.84. The molecule has 94 valence electrons. The molecule has 4 heteroatoms. The Labute approximate surface area is 106 Å². The van der Waals surface area contributed by atoms with Crippen molar-refractivity contribution in [2.45, 2.75) is 27.2 Å². The highest BCUT2D eigenvalue weighted by atomic mass is 16.5. The third-order valence-electron chi connectivity index (χ3n) is 2.84. The van der Waals surface area contributed by atoms with Gasteiger partial charge >= 0.3 is 0 Å². The molecule has 1 N–H and O–H groups in total. The molecule has 0 spiro atoms. The Balaban J connectivity index is 2.26. The van der Waals surface area contributed by atoms with Crippen molar-refractivity contribution in [1.29, 1.82) is 0 Å². The number of carbonyl (C=O) groups is 1. The summed E-state index contributed by atoms with van der Waals surface area (Å²) in [7, 11) is 0. The van der Waals surface area contributed by atoms with Crippen molar-refractivity contribution in [3.63, 3.8) is 0 Å². The molecule has 1 aromatic heterocycles. The van der Waals surface area contributed by atoms with Crippen molar-refractivity contribution >= 4 is 11.6 Å². The van der Waals surface area contributed by atoms with Crippen LogP contribution in [0, 0.1) is 13.8 Å². The molecule has 1 amide bonds. The number of aromatic nitrogens is 1. The van der Waals surface area contributed by atoms with Crippen LogP contribution in [0.4, 0.5) is 5.69 Å². The Kier molecular flexibility index (Phi) is 3.46. The largest absolute Gasteiger partial charge is 0.361 e. The van der Waals surface area contributed by atoms with Crippen molar-refractivity contribution in [2.24, 2.45) is 0 Å². The first kappa shape index (κ1) is 12.4. The van der Waals surface area contributed by atoms with E-state index in [1.807, 2.05) is 25.1 Å². The summed E-state index contributed by atoms with van der Waals surface area (Å²) in [5.41, 5.74) is 3.33. The van der Waals surface area contributed by atoms with Gasteiger partial charge in [-0.2, -0.15) is 0 Å². The van der Waals surface area contributed by atoms with Gasteiger partial charge in [-0.3, -0.25) is 4.79 Å². The zero-order chi connectivity index (χ0) is 13.1. The molecule has 2 rings (SSSR count). The van der Waals surface area contributed by atoms with Crippen molar-refractivity contribution in [1.82, 2.24) is 5.16 Å². The lowest BCUT2D eigenvalue weighted by atomic mass is 10.1. The van der Waals surface area contributed by atoms with Gasteiger partial charge < -0.3 is 9.84 Å². The molecule has 1 heterocycles. The molecule has 2 aromatic rings. The topological polar surface area (TPSA) is 55.1 Å². The van der Waals surface area contributed by atoms with Crippen molar-refractivity contribution < 1.29 is 9.32 Å². The lowest BCUT2D eigenvalue weighted by Gasteiger charge is -2.11. The Morgan fingerprint density at radius 1 is 1.39 bits per heavy atom. The molecule has 18 heavy (non-hydrogen) atoms. The average Bonchev–Trinajstić information content (AvgIpc) is 2.78. The van der Waals surface area contributed by atoms with Crippen molar-refractivity contribution in [2.75, 3.05) is 5.32 Å². The first-order valence-corrected chi connectivity index (χ1v) is 5.95. The van der Waals surface area contributed by atoms with Crippen LogP contribution >= 0.6 is 0 Å². The summed E-state index contributed by atoms with van der Waals surface area (Å²) in [5.74, 6) is 0.386. The summed E-state index contributed by atoms with van der Waals surface area (Å²) >= 11 is 0. The molecule has 1 aromatic carbocycles. The fraction of sp³-hybridized carbons (Fsp3) is 0.286. The van der Waals surface area contributed by atoms with E-state index in [1.54, 1.807) is 13.0 Å². The molecule has 0 aliphatic carbocycles. The highest BCUT2D eigenvalue weighted by Gasteiger charge is 2.13. The quantitative estimate of drug-likeness (QED) is 0.902. The summed E-state index contributed by atoms with van der Waals surface area (Å²) in [6.07, 6.45) is 0.870. The predicted molar refractivity (Wildman–Crippen MR) is 69.8 cm³/mol. The minimum atomic E-state index is -0.240. The summed E-state index contributed by atoms with van der Waals surface area (Å²) in [6.45, 7) is 5.79. The van der Waals surface area contributed by atoms with Crippen molar-refractivity contribution in [3.8, 4) is 0 Å². The number of amides is 1. The number of rotatable bonds is 3. The molecule has 0 saturated carbocycles. The van der Waals surface area contributed by atoms with Crippen LogP contribution in [0.3, 0.4) is 0 Å². The molecule has 0 bridgehead atoms. The van der Waals surface area contributed by atoms with Crippen LogP contribution in [-0.2, 0) is 6.42 Å². The number of para-hydroxylation sites is 1. The van der Waals surface area contributed by atoms with Gasteiger partial charge in [0.15, 0.2) is 5.69 Å². The number of aryl methyl sites for hydroxylation is 3. The standard InChI is InChI=1S/C14H16N2O2/c1-4-11-7-5-6-9(2)13(11)15-14(17)12-8-10(3)18-16-12/h5-8H,4H2,1-3H3,(H,15,17). The smallest absolute Gasteiger partial charge is 0.277 e. The first-order valence-electron chi connectivity index (χ1n) is 5.95. The Morgan fingerprint density at radius 2 is 2.17 bits per heavy atom. The van der Waals surface area contributed by atoms with Gasteiger partial charge in [0, 0.05) is 11.8 Å². The van der Waals surface area contributed by atoms with Crippen molar-refractivity contribution in [3.05, 3.63) is 46.8 Å². The summed E-state index contributed by atoms with van der Waals surface area (Å²) in [5, 5.41) is 6.61. The molecule has 0 aliphatic rings. The van der Waals surface area contributed by atoms with E-state index in [-0.39, 0.29) is 5.91 Å². The number of benzene rings is 1. The van der Waals surface area contributed by atoms with Crippen LogP contribution < -0.4 is 5.32 Å². The Hall–Kier alpha value is -2.10. The van der Waals surface area contributed by atoms with Gasteiger partial charge in [0.05, 0.1) is 0 Å². The highest BCUT2D eigenvalue weighted by molar-refractivity contribution is 6.03. The fourth-order valence-electron chi connectivity index (χ4n) is 1.85. The van der Waals surface area contributed by atoms with Gasteiger partial charge in [0.1, 0.15) is 5.76 Å². The monoisotopic (exact) mass is 244 g/mol. The number of carbonyl (C=O) groups excluding carboxylic acids is 1. The maximum atomic E-state index is 12.0. The second-order valence-corrected chi connectivity index (χ2v) is 4.24. The number of hydrogen-bond acceptors (Lipinski definition) is 3. The Bertz CT molecular complexity index is 573. The maximum absolute atomic E-state index is 12.0. The summed E-state index contributed by atoms with van der Waals surface area (Å²) in [4.78, 5) is 12.0. The van der Waals surface area contributed by atoms with E-state index in [2.05, 4.69) is 17.4 Å². The SMILES string of the molecule is CCc1cccc(C)c1NC(=O)c1cc(C)on1. The predicted octanol–water partition coefficient (Wildman–Crippen LogP) is 3.11. The van der Waals surface area contributed by atoms with Gasteiger partial charge in [-0.15, -0.1) is 0 Å². The minimum Gasteiger partial charge on any atom is -0.361 e. The van der Waals surface area contributed by atoms with Gasteiger partial charge in [-0.05, 0) is 31.4 Å². The summed E-state index contributed by atoms with van der Waals surface area (Å²) < 4.78 is 4.90. The molecular weight excluding hydrogens is 228 g/mol. The average molecular weight is 244 g/mol. The number of nitrogens with zero attached hydrogens (tertiary/aromatic N) is 1. The normalized spacial score (nSPS) is 10.4. The van der Waals surface area contributed by atoms with Gasteiger partial charge in [0.25, 0.3) is 5.91 Å². The second-order valence-electron chi connectivity index (χ2n) is 4.24. The van der Waals surface area contributed by atoms with Crippen LogP contribution in [0.1, 0.15) is 34.3 Å². The van der Waals surface area contributed by atoms with E-state index in [1.165, 1.54) is 0 Å². The molecule has 0 aliphatic heterocycles. The van der Waals surface area contributed by atoms with E-state index >= 15 is 0 Å². The maximum Gasteiger partial charge on any atom is 0.277 e. The molecule has 0 saturated heterocycles. The van der Waals surface area contributed by atoms with Crippen LogP contribution in [0.15, 0.2) is 28.8 Å². The first-order chi connectivity index (χ1) is 8.61. The lowest BCUT2D eigenvalue weighted by molar-refractivity contribution is 0.101. The number of hydrogen-bond donors (Lipinski definition) is 1. The molecule has 0 unspecified atom stereocenters. The molecule has 0 atom stereocenters. The van der Waals surface area contributed by atoms with Crippen LogP contribution in [0.2, 0.25) is 0 Å². The van der Waals surface area contributed by atoms with Gasteiger partial charge in [-0.1, -0.05) is 30.3 Å². The van der Waals surface area contributed by atoms with E-state index in [9.17, 15) is 4.79 Å². The number of anilines is 1. The van der Waals surface area contributed by atoms with E-state index in [0.29, 0.717) is 11.5 Å². The fourth-order valence-corrected chi connectivity index (χ4v) is 1.85. The van der Waals surface area contributed by atoms with E-state index in [4.69, 9.17) is 4.52 Å². The van der Waals surface area contributed by atoms with Crippen LogP contribution in [0.25, 0.3) is 0 Å². The molecule has 0 fully saturated rings. The van der Waals surface area contributed by atoms with E-state index < -0.39 is 0 Å². The van der Waals surface area contributed by atoms with Gasteiger partial charge in [0.2, 0.25) is 0 Å². The highest BCUT2D eigenvalue weighted by Crippen LogP contribution is 2.21. The zero-order valence-corrected chi connectivity index (χ0v) is 10.8. The minimum absolute atomic E-state index is 0.240. The summed E-state index contributed by atoms with van der Waals surface area (Å²) in [6, 6.07) is 7.60. The Morgan fingerprint density at radius 3 is 2.78 bits per heavy atom. The van der Waals surface area contributed by atoms with Gasteiger partial charge in [-0.25, -0.2) is 0 Å². The number of nitrogens with one attached hydrogen (secondary N) is 1. The van der Waals surface area contributed by atoms with E-state index in [0.717, 1.165) is 23.2 Å². The third kappa shape index (κ3) is 2.42. The molecular formula is C14H16N2O2. The van der Waals surface area contributed by atoms with Crippen LogP contribution in [0.5, 0.6) is 0 Å². The zero-order valence-electron chi connectivity index (χ0n) is 10.8. The molecule has 4 nitrogen and oxygen atoms in total. The second kappa shape index (κ2) is 5.04.